The minimum atomic E-state index is -0.149. The topological polar surface area (TPSA) is 58.0 Å². The summed E-state index contributed by atoms with van der Waals surface area (Å²) in [5.74, 6) is 0.749. The van der Waals surface area contributed by atoms with Crippen LogP contribution in [-0.4, -0.2) is 26.7 Å². The number of hydrogen-bond donors (Lipinski definition) is 2. The monoisotopic (exact) mass is 241 g/mol. The van der Waals surface area contributed by atoms with Crippen molar-refractivity contribution in [2.75, 3.05) is 5.32 Å². The van der Waals surface area contributed by atoms with Gasteiger partial charge in [-0.3, -0.25) is 0 Å². The van der Waals surface area contributed by atoms with Crippen LogP contribution in [0, 0.1) is 0 Å². The van der Waals surface area contributed by atoms with E-state index < -0.39 is 0 Å². The van der Waals surface area contributed by atoms with Gasteiger partial charge in [-0.2, -0.15) is 0 Å². The molecule has 0 bridgehead atoms. The van der Waals surface area contributed by atoms with Crippen LogP contribution in [0.15, 0.2) is 12.3 Å². The van der Waals surface area contributed by atoms with Crippen molar-refractivity contribution in [2.45, 2.75) is 44.2 Å². The van der Waals surface area contributed by atoms with Gasteiger partial charge in [-0.05, 0) is 50.3 Å². The maximum atomic E-state index is 9.48. The van der Waals surface area contributed by atoms with Gasteiger partial charge in [0.1, 0.15) is 5.82 Å². The van der Waals surface area contributed by atoms with Gasteiger partial charge in [0, 0.05) is 11.7 Å². The lowest BCUT2D eigenvalue weighted by atomic mass is 9.82. The summed E-state index contributed by atoms with van der Waals surface area (Å²) in [4.78, 5) is 7.95. The first-order chi connectivity index (χ1) is 7.57. The van der Waals surface area contributed by atoms with Crippen LogP contribution in [0.3, 0.4) is 0 Å². The Hall–Kier alpha value is -0.870. The highest BCUT2D eigenvalue weighted by Gasteiger charge is 2.30. The average molecular weight is 242 g/mol. The van der Waals surface area contributed by atoms with Crippen molar-refractivity contribution >= 4 is 17.4 Å². The van der Waals surface area contributed by atoms with Crippen LogP contribution in [0.1, 0.15) is 32.6 Å². The Balaban J connectivity index is 2.03. The molecule has 1 aliphatic carbocycles. The number of nitrogens with one attached hydrogen (secondary N) is 1. The molecule has 1 aromatic heterocycles. The molecule has 0 radical (unpaired) electrons. The van der Waals surface area contributed by atoms with E-state index in [4.69, 9.17) is 11.6 Å². The molecule has 1 saturated carbocycles. The normalized spacial score (nSPS) is 30.1. The SMILES string of the molecule is CC1(Nc2ccnc(Cl)n2)CCC(O)CC1. The van der Waals surface area contributed by atoms with E-state index >= 15 is 0 Å². The molecule has 5 heteroatoms. The molecule has 88 valence electrons. The van der Waals surface area contributed by atoms with Gasteiger partial charge in [-0.1, -0.05) is 0 Å². The lowest BCUT2D eigenvalue weighted by Gasteiger charge is -2.36. The second kappa shape index (κ2) is 4.55. The maximum absolute atomic E-state index is 9.48. The van der Waals surface area contributed by atoms with Crippen molar-refractivity contribution in [3.63, 3.8) is 0 Å². The fourth-order valence-electron chi connectivity index (χ4n) is 2.08. The predicted molar refractivity (Wildman–Crippen MR) is 63.5 cm³/mol. The largest absolute Gasteiger partial charge is 0.393 e. The minimum Gasteiger partial charge on any atom is -0.393 e. The number of anilines is 1. The second-order valence-electron chi connectivity index (χ2n) is 4.63. The van der Waals surface area contributed by atoms with E-state index in [-0.39, 0.29) is 16.9 Å². The molecule has 1 aliphatic rings. The highest BCUT2D eigenvalue weighted by Crippen LogP contribution is 2.30. The van der Waals surface area contributed by atoms with Crippen LogP contribution in [0.4, 0.5) is 5.82 Å². The molecule has 1 heterocycles. The third-order valence-electron chi connectivity index (χ3n) is 3.11. The Morgan fingerprint density at radius 1 is 1.50 bits per heavy atom. The highest BCUT2D eigenvalue weighted by atomic mass is 35.5. The zero-order valence-corrected chi connectivity index (χ0v) is 10.0. The van der Waals surface area contributed by atoms with Crippen LogP contribution >= 0.6 is 11.6 Å². The number of aliphatic hydroxyl groups excluding tert-OH is 1. The van der Waals surface area contributed by atoms with E-state index in [1.54, 1.807) is 6.20 Å². The number of nitrogens with zero attached hydrogens (tertiary/aromatic N) is 2. The third-order valence-corrected chi connectivity index (χ3v) is 3.30. The number of halogens is 1. The van der Waals surface area contributed by atoms with Gasteiger partial charge in [0.05, 0.1) is 6.10 Å². The summed E-state index contributed by atoms with van der Waals surface area (Å²) in [6.07, 6.45) is 5.04. The molecule has 0 aliphatic heterocycles. The molecule has 4 nitrogen and oxygen atoms in total. The molecule has 0 amide bonds. The van der Waals surface area contributed by atoms with Gasteiger partial charge in [0.15, 0.2) is 0 Å². The summed E-state index contributed by atoms with van der Waals surface area (Å²) in [7, 11) is 0. The van der Waals surface area contributed by atoms with Crippen LogP contribution in [0.2, 0.25) is 5.28 Å². The molecular formula is C11H16ClN3O. The molecule has 0 aromatic carbocycles. The molecular weight excluding hydrogens is 226 g/mol. The molecule has 1 fully saturated rings. The smallest absolute Gasteiger partial charge is 0.224 e. The van der Waals surface area contributed by atoms with Crippen LogP contribution in [0.25, 0.3) is 0 Å². The Morgan fingerprint density at radius 2 is 2.19 bits per heavy atom. The first-order valence-corrected chi connectivity index (χ1v) is 5.90. The number of rotatable bonds is 2. The van der Waals surface area contributed by atoms with Crippen molar-refractivity contribution in [1.29, 1.82) is 0 Å². The standard InChI is InChI=1S/C11H16ClN3O/c1-11(5-2-8(16)3-6-11)15-9-4-7-13-10(12)14-9/h4,7-8,16H,2-3,5-6H2,1H3,(H,13,14,15). The van der Waals surface area contributed by atoms with Gasteiger partial charge in [-0.25, -0.2) is 9.97 Å². The first kappa shape index (κ1) is 11.6. The summed E-state index contributed by atoms with van der Waals surface area (Å²) in [5.41, 5.74) is -0.00306. The maximum Gasteiger partial charge on any atom is 0.224 e. The molecule has 16 heavy (non-hydrogen) atoms. The van der Waals surface area contributed by atoms with Gasteiger partial charge < -0.3 is 10.4 Å². The molecule has 0 unspecified atom stereocenters. The summed E-state index contributed by atoms with van der Waals surface area (Å²) in [6.45, 7) is 2.15. The zero-order chi connectivity index (χ0) is 11.6. The van der Waals surface area contributed by atoms with Crippen molar-refractivity contribution < 1.29 is 5.11 Å². The number of hydrogen-bond acceptors (Lipinski definition) is 4. The first-order valence-electron chi connectivity index (χ1n) is 5.52. The lowest BCUT2D eigenvalue weighted by molar-refractivity contribution is 0.108. The number of aliphatic hydroxyl groups is 1. The second-order valence-corrected chi connectivity index (χ2v) is 4.97. The van der Waals surface area contributed by atoms with Crippen LogP contribution in [-0.2, 0) is 0 Å². The fraction of sp³-hybridized carbons (Fsp3) is 0.636. The fourth-order valence-corrected chi connectivity index (χ4v) is 2.23. The molecule has 2 N–H and O–H groups in total. The van der Waals surface area contributed by atoms with E-state index in [1.807, 2.05) is 6.07 Å². The molecule has 2 rings (SSSR count). The summed E-state index contributed by atoms with van der Waals surface area (Å²) >= 11 is 5.73. The van der Waals surface area contributed by atoms with Gasteiger partial charge in [0.25, 0.3) is 0 Å². The minimum absolute atomic E-state index is 0.00306. The van der Waals surface area contributed by atoms with E-state index in [0.717, 1.165) is 31.5 Å². The van der Waals surface area contributed by atoms with Crippen molar-refractivity contribution in [2.24, 2.45) is 0 Å². The molecule has 0 atom stereocenters. The van der Waals surface area contributed by atoms with Crippen molar-refractivity contribution in [3.05, 3.63) is 17.5 Å². The van der Waals surface area contributed by atoms with E-state index in [1.165, 1.54) is 0 Å². The molecule has 1 aromatic rings. The average Bonchev–Trinajstić information content (AvgIpc) is 2.23. The Kier molecular flexibility index (Phi) is 3.30. The molecule has 0 spiro atoms. The van der Waals surface area contributed by atoms with Gasteiger partial charge in [-0.15, -0.1) is 0 Å². The van der Waals surface area contributed by atoms with Crippen LogP contribution in [0.5, 0.6) is 0 Å². The molecule has 0 saturated heterocycles. The third kappa shape index (κ3) is 2.83. The quantitative estimate of drug-likeness (QED) is 0.780. The van der Waals surface area contributed by atoms with Gasteiger partial charge in [0.2, 0.25) is 5.28 Å². The van der Waals surface area contributed by atoms with E-state index in [9.17, 15) is 5.11 Å². The number of aromatic nitrogens is 2. The highest BCUT2D eigenvalue weighted by molar-refractivity contribution is 6.28. The Morgan fingerprint density at radius 3 is 2.81 bits per heavy atom. The summed E-state index contributed by atoms with van der Waals surface area (Å²) < 4.78 is 0. The van der Waals surface area contributed by atoms with E-state index in [0.29, 0.717) is 0 Å². The van der Waals surface area contributed by atoms with Crippen molar-refractivity contribution in [3.8, 4) is 0 Å². The Bertz CT molecular complexity index is 364. The Labute approximate surface area is 100 Å². The predicted octanol–water partition coefficient (Wildman–Crippen LogP) is 2.24. The summed E-state index contributed by atoms with van der Waals surface area (Å²) in [6, 6.07) is 1.81. The lowest BCUT2D eigenvalue weighted by Crippen LogP contribution is -2.40. The zero-order valence-electron chi connectivity index (χ0n) is 9.28. The van der Waals surface area contributed by atoms with Crippen LogP contribution < -0.4 is 5.32 Å². The van der Waals surface area contributed by atoms with Gasteiger partial charge >= 0.3 is 0 Å². The van der Waals surface area contributed by atoms with Crippen molar-refractivity contribution in [1.82, 2.24) is 9.97 Å². The summed E-state index contributed by atoms with van der Waals surface area (Å²) in [5, 5.41) is 13.1. The van der Waals surface area contributed by atoms with E-state index in [2.05, 4.69) is 22.2 Å².